The molecule has 0 radical (unpaired) electrons. The van der Waals surface area contributed by atoms with Gasteiger partial charge in [-0.3, -0.25) is 0 Å². The van der Waals surface area contributed by atoms with Crippen molar-refractivity contribution in [3.8, 4) is 11.5 Å². The van der Waals surface area contributed by atoms with Crippen molar-refractivity contribution in [2.75, 3.05) is 46.2 Å². The lowest BCUT2D eigenvalue weighted by Crippen LogP contribution is -3.61. The summed E-state index contributed by atoms with van der Waals surface area (Å²) in [6.07, 6.45) is 1.70. The molecule has 1 N–H and O–H groups in total. The van der Waals surface area contributed by atoms with Crippen LogP contribution in [-0.2, 0) is 9.47 Å². The van der Waals surface area contributed by atoms with Gasteiger partial charge in [0.05, 0.1) is 13.2 Å². The van der Waals surface area contributed by atoms with Gasteiger partial charge in [-0.15, -0.1) is 0 Å². The first-order valence-electron chi connectivity index (χ1n) is 9.68. The highest BCUT2D eigenvalue weighted by molar-refractivity contribution is 5.22. The van der Waals surface area contributed by atoms with E-state index in [9.17, 15) is 0 Å². The highest BCUT2D eigenvalue weighted by atomic mass is 127. The molecule has 154 valence electrons. The van der Waals surface area contributed by atoms with Gasteiger partial charge in [-0.2, -0.15) is 0 Å². The SMILES string of the molecule is CCCOCCOc1ccc([I+]c2ccc(OCCOCCCO)cc2)cc1. The minimum Gasteiger partial charge on any atom is -0.491 e. The van der Waals surface area contributed by atoms with Crippen LogP contribution in [0, 0.1) is 7.14 Å². The van der Waals surface area contributed by atoms with E-state index in [2.05, 4.69) is 31.2 Å². The number of hydrogen-bond acceptors (Lipinski definition) is 5. The zero-order valence-electron chi connectivity index (χ0n) is 16.4. The molecule has 6 heteroatoms. The van der Waals surface area contributed by atoms with Crippen molar-refractivity contribution in [3.05, 3.63) is 55.7 Å². The molecule has 0 atom stereocenters. The minimum absolute atomic E-state index is 0.162. The molecule has 2 rings (SSSR count). The average Bonchev–Trinajstić information content (AvgIpc) is 2.73. The van der Waals surface area contributed by atoms with Crippen LogP contribution >= 0.6 is 0 Å². The van der Waals surface area contributed by atoms with Crippen LogP contribution < -0.4 is 30.7 Å². The molecule has 0 aliphatic rings. The Balaban J connectivity index is 1.68. The molecule has 0 spiro atoms. The molecule has 0 saturated carbocycles. The zero-order chi connectivity index (χ0) is 19.9. The third kappa shape index (κ3) is 9.73. The second-order valence-corrected chi connectivity index (χ2v) is 9.03. The molecule has 0 amide bonds. The topological polar surface area (TPSA) is 57.2 Å². The first kappa shape index (κ1) is 22.9. The summed E-state index contributed by atoms with van der Waals surface area (Å²) >= 11 is -0.227. The van der Waals surface area contributed by atoms with Gasteiger partial charge in [-0.05, 0) is 61.4 Å². The molecule has 2 aromatic carbocycles. The number of hydrogen-bond donors (Lipinski definition) is 1. The fraction of sp³-hybridized carbons (Fsp3) is 0.455. The van der Waals surface area contributed by atoms with Crippen LogP contribution in [0.25, 0.3) is 0 Å². The number of rotatable bonds is 15. The molecule has 2 aromatic rings. The van der Waals surface area contributed by atoms with Crippen molar-refractivity contribution in [2.24, 2.45) is 0 Å². The lowest BCUT2D eigenvalue weighted by molar-refractivity contribution is -0.597. The first-order chi connectivity index (χ1) is 13.8. The van der Waals surface area contributed by atoms with Gasteiger partial charge in [0.15, 0.2) is 7.14 Å². The van der Waals surface area contributed by atoms with Gasteiger partial charge >= 0.3 is 21.2 Å². The predicted octanol–water partition coefficient (Wildman–Crippen LogP) is 0.398. The molecule has 0 unspecified atom stereocenters. The van der Waals surface area contributed by atoms with E-state index in [1.165, 1.54) is 7.14 Å². The van der Waals surface area contributed by atoms with E-state index < -0.39 is 0 Å². The normalized spacial score (nSPS) is 10.8. The molecular formula is C22H30IO5+. The van der Waals surface area contributed by atoms with Crippen molar-refractivity contribution in [1.82, 2.24) is 0 Å². The van der Waals surface area contributed by atoms with Gasteiger partial charge in [-0.25, -0.2) is 0 Å². The van der Waals surface area contributed by atoms with Gasteiger partial charge in [0.1, 0.15) is 24.7 Å². The van der Waals surface area contributed by atoms with E-state index in [-0.39, 0.29) is 27.8 Å². The Bertz CT molecular complexity index is 630. The third-order valence-electron chi connectivity index (χ3n) is 3.63. The summed E-state index contributed by atoms with van der Waals surface area (Å²) in [5.74, 6) is 1.74. The smallest absolute Gasteiger partial charge is 0.357 e. The van der Waals surface area contributed by atoms with Gasteiger partial charge in [-0.1, -0.05) is 6.92 Å². The van der Waals surface area contributed by atoms with Crippen molar-refractivity contribution in [1.29, 1.82) is 0 Å². The Morgan fingerprint density at radius 2 is 1.18 bits per heavy atom. The molecule has 0 aromatic heterocycles. The molecule has 0 aliphatic heterocycles. The largest absolute Gasteiger partial charge is 0.491 e. The van der Waals surface area contributed by atoms with Gasteiger partial charge in [0.25, 0.3) is 0 Å². The van der Waals surface area contributed by atoms with Crippen LogP contribution in [-0.4, -0.2) is 51.4 Å². The lowest BCUT2D eigenvalue weighted by Gasteiger charge is -2.06. The summed E-state index contributed by atoms with van der Waals surface area (Å²) in [4.78, 5) is 0. The van der Waals surface area contributed by atoms with Crippen LogP contribution in [0.5, 0.6) is 11.5 Å². The van der Waals surface area contributed by atoms with Crippen LogP contribution in [0.2, 0.25) is 0 Å². The molecule has 5 nitrogen and oxygen atoms in total. The van der Waals surface area contributed by atoms with E-state index in [1.807, 2.05) is 24.3 Å². The Morgan fingerprint density at radius 1 is 0.679 bits per heavy atom. The molecule has 0 heterocycles. The average molecular weight is 501 g/mol. The van der Waals surface area contributed by atoms with E-state index in [0.29, 0.717) is 39.5 Å². The lowest BCUT2D eigenvalue weighted by atomic mass is 10.3. The minimum atomic E-state index is -0.227. The second-order valence-electron chi connectivity index (χ2n) is 6.00. The van der Waals surface area contributed by atoms with Crippen LogP contribution in [0.3, 0.4) is 0 Å². The van der Waals surface area contributed by atoms with Crippen LogP contribution in [0.15, 0.2) is 48.5 Å². The molecule has 0 fully saturated rings. The summed E-state index contributed by atoms with van der Waals surface area (Å²) in [6.45, 7) is 5.89. The maximum Gasteiger partial charge on any atom is 0.357 e. The highest BCUT2D eigenvalue weighted by Crippen LogP contribution is 2.09. The van der Waals surface area contributed by atoms with E-state index >= 15 is 0 Å². The third-order valence-corrected chi connectivity index (χ3v) is 6.32. The maximum absolute atomic E-state index is 8.69. The van der Waals surface area contributed by atoms with Gasteiger partial charge in [0, 0.05) is 19.8 Å². The molecular weight excluding hydrogens is 471 g/mol. The maximum atomic E-state index is 8.69. The molecule has 28 heavy (non-hydrogen) atoms. The van der Waals surface area contributed by atoms with Crippen LogP contribution in [0.1, 0.15) is 19.8 Å². The summed E-state index contributed by atoms with van der Waals surface area (Å²) in [5.41, 5.74) is 0. The van der Waals surface area contributed by atoms with E-state index in [0.717, 1.165) is 24.5 Å². The summed E-state index contributed by atoms with van der Waals surface area (Å²) in [6, 6.07) is 16.6. The molecule has 0 aliphatic carbocycles. The van der Waals surface area contributed by atoms with E-state index in [1.54, 1.807) is 0 Å². The molecule has 0 saturated heterocycles. The van der Waals surface area contributed by atoms with Crippen molar-refractivity contribution >= 4 is 0 Å². The Hall–Kier alpha value is -1.35. The number of halogens is 1. The first-order valence-corrected chi connectivity index (χ1v) is 11.8. The summed E-state index contributed by atoms with van der Waals surface area (Å²) in [5, 5.41) is 8.69. The Kier molecular flexibility index (Phi) is 12.0. The monoisotopic (exact) mass is 501 g/mol. The van der Waals surface area contributed by atoms with Crippen molar-refractivity contribution < 1.29 is 45.3 Å². The summed E-state index contributed by atoms with van der Waals surface area (Å²) in [7, 11) is 0. The van der Waals surface area contributed by atoms with Crippen molar-refractivity contribution in [3.63, 3.8) is 0 Å². The fourth-order valence-corrected chi connectivity index (χ4v) is 4.42. The summed E-state index contributed by atoms with van der Waals surface area (Å²) < 4.78 is 24.8. The zero-order valence-corrected chi connectivity index (χ0v) is 18.6. The highest BCUT2D eigenvalue weighted by Gasteiger charge is 2.15. The van der Waals surface area contributed by atoms with Crippen LogP contribution in [0.4, 0.5) is 0 Å². The number of benzene rings is 2. The van der Waals surface area contributed by atoms with Gasteiger partial charge in [0.2, 0.25) is 0 Å². The predicted molar refractivity (Wildman–Crippen MR) is 105 cm³/mol. The fourth-order valence-electron chi connectivity index (χ4n) is 2.27. The standard InChI is InChI=1S/C22H30IO5/c1-2-13-25-15-17-27-21-8-4-19(5-9-21)23-20-6-10-22(11-7-20)28-18-16-26-14-3-12-24/h4-11,24H,2-3,12-18H2,1H3/q+1. The Morgan fingerprint density at radius 3 is 1.64 bits per heavy atom. The second kappa shape index (κ2) is 14.6. The quantitative estimate of drug-likeness (QED) is 0.283. The Labute approximate surface area is 178 Å². The molecule has 0 bridgehead atoms. The number of aliphatic hydroxyl groups excluding tert-OH is 1. The van der Waals surface area contributed by atoms with Gasteiger partial charge < -0.3 is 24.1 Å². The van der Waals surface area contributed by atoms with Crippen molar-refractivity contribution in [2.45, 2.75) is 19.8 Å². The van der Waals surface area contributed by atoms with E-state index in [4.69, 9.17) is 24.1 Å². The number of ether oxygens (including phenoxy) is 4. The number of aliphatic hydroxyl groups is 1.